The summed E-state index contributed by atoms with van der Waals surface area (Å²) in [4.78, 5) is 13.4. The summed E-state index contributed by atoms with van der Waals surface area (Å²) < 4.78 is 43.0. The number of thioether (sulfide) groups is 1. The fourth-order valence-electron chi connectivity index (χ4n) is 4.25. The van der Waals surface area contributed by atoms with E-state index in [9.17, 15) is 13.2 Å². The van der Waals surface area contributed by atoms with Crippen LogP contribution in [-0.2, 0) is 24.1 Å². The first-order valence-corrected chi connectivity index (χ1v) is 13.2. The van der Waals surface area contributed by atoms with Gasteiger partial charge in [-0.1, -0.05) is 19.3 Å². The number of aryl methyl sites for hydroxylation is 2. The number of imidazole rings is 1. The predicted molar refractivity (Wildman–Crippen MR) is 131 cm³/mol. The van der Waals surface area contributed by atoms with Gasteiger partial charge in [-0.05, 0) is 37.1 Å². The van der Waals surface area contributed by atoms with Crippen LogP contribution in [0.2, 0.25) is 0 Å². The second-order valence-corrected chi connectivity index (χ2v) is 11.3. The number of rotatable bonds is 7. The number of fused-ring (bicyclic) bond motifs is 1. The van der Waals surface area contributed by atoms with Gasteiger partial charge in [0.2, 0.25) is 0 Å². The summed E-state index contributed by atoms with van der Waals surface area (Å²) in [6.07, 6.45) is 5.78. The number of hydrogen-bond donors (Lipinski definition) is 1. The highest BCUT2D eigenvalue weighted by molar-refractivity contribution is 8.00. The molecule has 4 rings (SSSR count). The molecule has 1 fully saturated rings. The Hall–Kier alpha value is -2.59. The van der Waals surface area contributed by atoms with Crippen LogP contribution in [0, 0.1) is 0 Å². The summed E-state index contributed by atoms with van der Waals surface area (Å²) in [6, 6.07) is 8.15. The van der Waals surface area contributed by atoms with Crippen molar-refractivity contribution in [3.05, 3.63) is 40.8 Å². The molecule has 8 nitrogen and oxygen atoms in total. The summed E-state index contributed by atoms with van der Waals surface area (Å²) in [5, 5.41) is 0.418. The van der Waals surface area contributed by atoms with Crippen LogP contribution in [0.25, 0.3) is 11.0 Å². The van der Waals surface area contributed by atoms with Gasteiger partial charge in [0.15, 0.2) is 11.5 Å². The molecule has 1 aliphatic carbocycles. The summed E-state index contributed by atoms with van der Waals surface area (Å²) in [7, 11) is 2.46. The fourth-order valence-corrected chi connectivity index (χ4v) is 6.75. The number of benzene rings is 2. The minimum absolute atomic E-state index is 0.0656. The molecule has 0 aliphatic heterocycles. The van der Waals surface area contributed by atoms with E-state index in [1.165, 1.54) is 50.2 Å². The van der Waals surface area contributed by atoms with Gasteiger partial charge < -0.3 is 9.47 Å². The van der Waals surface area contributed by atoms with E-state index in [1.807, 2.05) is 6.07 Å². The van der Waals surface area contributed by atoms with Crippen LogP contribution in [0.5, 0.6) is 11.5 Å². The van der Waals surface area contributed by atoms with Crippen LogP contribution in [-0.4, -0.2) is 37.0 Å². The van der Waals surface area contributed by atoms with E-state index in [4.69, 9.17) is 9.47 Å². The van der Waals surface area contributed by atoms with Crippen molar-refractivity contribution in [2.24, 2.45) is 14.1 Å². The lowest BCUT2D eigenvalue weighted by Gasteiger charge is -2.22. The van der Waals surface area contributed by atoms with E-state index < -0.39 is 10.0 Å². The topological polar surface area (TPSA) is 91.6 Å². The highest BCUT2D eigenvalue weighted by atomic mass is 32.2. The van der Waals surface area contributed by atoms with Crippen molar-refractivity contribution < 1.29 is 17.9 Å². The highest BCUT2D eigenvalue weighted by Gasteiger charge is 2.23. The van der Waals surface area contributed by atoms with Gasteiger partial charge in [0, 0.05) is 30.3 Å². The molecule has 3 aromatic rings. The number of sulfonamides is 1. The number of hydrogen-bond acceptors (Lipinski definition) is 6. The molecule has 2 aromatic carbocycles. The SMILES string of the molecule is COc1ccc(S(=O)(=O)Nc2cc3c(cc2SC2CCCCC2)n(C)c(=O)n3C)cc1OC. The Morgan fingerprint density at radius 1 is 0.939 bits per heavy atom. The van der Waals surface area contributed by atoms with Crippen LogP contribution in [0.15, 0.2) is 44.9 Å². The van der Waals surface area contributed by atoms with Crippen molar-refractivity contribution in [1.82, 2.24) is 9.13 Å². The summed E-state index contributed by atoms with van der Waals surface area (Å²) >= 11 is 1.68. The van der Waals surface area contributed by atoms with Crippen molar-refractivity contribution >= 4 is 38.5 Å². The maximum absolute atomic E-state index is 13.3. The van der Waals surface area contributed by atoms with Crippen LogP contribution >= 0.6 is 11.8 Å². The Morgan fingerprint density at radius 3 is 2.21 bits per heavy atom. The summed E-state index contributed by atoms with van der Waals surface area (Å²) in [5.74, 6) is 0.781. The molecule has 1 saturated carbocycles. The number of nitrogens with zero attached hydrogens (tertiary/aromatic N) is 2. The third kappa shape index (κ3) is 4.59. The zero-order valence-corrected chi connectivity index (χ0v) is 20.9. The molecule has 10 heteroatoms. The van der Waals surface area contributed by atoms with Gasteiger partial charge >= 0.3 is 5.69 Å². The van der Waals surface area contributed by atoms with Crippen LogP contribution < -0.4 is 19.9 Å². The van der Waals surface area contributed by atoms with E-state index in [-0.39, 0.29) is 10.6 Å². The maximum atomic E-state index is 13.3. The van der Waals surface area contributed by atoms with Crippen LogP contribution in [0.1, 0.15) is 32.1 Å². The van der Waals surface area contributed by atoms with Crippen molar-refractivity contribution in [3.8, 4) is 11.5 Å². The lowest BCUT2D eigenvalue weighted by molar-refractivity contribution is 0.354. The van der Waals surface area contributed by atoms with Crippen molar-refractivity contribution in [2.75, 3.05) is 18.9 Å². The van der Waals surface area contributed by atoms with Crippen molar-refractivity contribution in [1.29, 1.82) is 0 Å². The molecule has 0 spiro atoms. The zero-order chi connectivity index (χ0) is 23.8. The molecule has 0 amide bonds. The van der Waals surface area contributed by atoms with Crippen LogP contribution in [0.4, 0.5) is 5.69 Å². The molecule has 0 radical (unpaired) electrons. The van der Waals surface area contributed by atoms with Gasteiger partial charge in [0.05, 0.1) is 35.8 Å². The second kappa shape index (κ2) is 9.34. The van der Waals surface area contributed by atoms with Gasteiger partial charge in [-0.15, -0.1) is 11.8 Å². The number of ether oxygens (including phenoxy) is 2. The average Bonchev–Trinajstić information content (AvgIpc) is 3.02. The lowest BCUT2D eigenvalue weighted by atomic mass is 10.0. The van der Waals surface area contributed by atoms with Crippen molar-refractivity contribution in [3.63, 3.8) is 0 Å². The molecule has 1 aliphatic rings. The highest BCUT2D eigenvalue weighted by Crippen LogP contribution is 2.40. The quantitative estimate of drug-likeness (QED) is 0.535. The first-order chi connectivity index (χ1) is 15.7. The third-order valence-electron chi connectivity index (χ3n) is 6.13. The van der Waals surface area contributed by atoms with Crippen LogP contribution in [0.3, 0.4) is 0 Å². The Balaban J connectivity index is 1.78. The lowest BCUT2D eigenvalue weighted by Crippen LogP contribution is -2.19. The smallest absolute Gasteiger partial charge is 0.328 e. The Kier molecular flexibility index (Phi) is 6.67. The molecule has 1 aromatic heterocycles. The number of aromatic nitrogens is 2. The average molecular weight is 492 g/mol. The summed E-state index contributed by atoms with van der Waals surface area (Å²) in [6.45, 7) is 0. The molecule has 33 heavy (non-hydrogen) atoms. The first kappa shape index (κ1) is 23.6. The molecule has 1 heterocycles. The van der Waals surface area contributed by atoms with E-state index in [0.717, 1.165) is 23.3 Å². The second-order valence-electron chi connectivity index (χ2n) is 8.24. The van der Waals surface area contributed by atoms with E-state index in [1.54, 1.807) is 42.6 Å². The van der Waals surface area contributed by atoms with Gasteiger partial charge in [0.25, 0.3) is 10.0 Å². The molecule has 178 valence electrons. The molecular formula is C23H29N3O5S2. The molecule has 0 unspecified atom stereocenters. The van der Waals surface area contributed by atoms with Gasteiger partial charge in [0.1, 0.15) is 0 Å². The molecule has 0 bridgehead atoms. The normalized spacial score (nSPS) is 15.0. The minimum atomic E-state index is -3.91. The molecular weight excluding hydrogens is 462 g/mol. The fraction of sp³-hybridized carbons (Fsp3) is 0.435. The molecule has 0 saturated heterocycles. The van der Waals surface area contributed by atoms with E-state index in [0.29, 0.717) is 28.0 Å². The zero-order valence-electron chi connectivity index (χ0n) is 19.3. The summed E-state index contributed by atoms with van der Waals surface area (Å²) in [5.41, 5.74) is 1.75. The Morgan fingerprint density at radius 2 is 1.58 bits per heavy atom. The van der Waals surface area contributed by atoms with E-state index >= 15 is 0 Å². The maximum Gasteiger partial charge on any atom is 0.328 e. The number of anilines is 1. The van der Waals surface area contributed by atoms with Gasteiger partial charge in [-0.25, -0.2) is 13.2 Å². The Labute approximate surface area is 197 Å². The standard InChI is InChI=1S/C23H29N3O5S2/c1-25-18-13-17(24-33(28,29)16-10-11-20(30-3)21(12-16)31-4)22(14-19(18)26(2)23(25)27)32-15-8-6-5-7-9-15/h10-15,24H,5-9H2,1-4H3. The number of nitrogens with one attached hydrogen (secondary N) is 1. The predicted octanol–water partition coefficient (Wildman–Crippen LogP) is 4.12. The monoisotopic (exact) mass is 491 g/mol. The Bertz CT molecular complexity index is 1340. The first-order valence-electron chi connectivity index (χ1n) is 10.9. The van der Waals surface area contributed by atoms with Gasteiger partial charge in [-0.3, -0.25) is 13.9 Å². The largest absolute Gasteiger partial charge is 0.493 e. The third-order valence-corrected chi connectivity index (χ3v) is 8.89. The molecule has 1 N–H and O–H groups in total. The minimum Gasteiger partial charge on any atom is -0.493 e. The van der Waals surface area contributed by atoms with E-state index in [2.05, 4.69) is 4.72 Å². The van der Waals surface area contributed by atoms with Gasteiger partial charge in [-0.2, -0.15) is 0 Å². The number of methoxy groups -OCH3 is 2. The molecule has 0 atom stereocenters. The van der Waals surface area contributed by atoms with Crippen molar-refractivity contribution in [2.45, 2.75) is 47.1 Å².